The van der Waals surface area contributed by atoms with Gasteiger partial charge in [-0.05, 0) is 68.3 Å². The summed E-state index contributed by atoms with van der Waals surface area (Å²) in [6, 6.07) is 12.8. The van der Waals surface area contributed by atoms with E-state index in [0.29, 0.717) is 12.5 Å². The van der Waals surface area contributed by atoms with Gasteiger partial charge in [0.15, 0.2) is 0 Å². The molecular formula is C24H28N4O. The average Bonchev–Trinajstić information content (AvgIpc) is 3.17. The Balaban J connectivity index is 1.29. The van der Waals surface area contributed by atoms with Gasteiger partial charge in [0.2, 0.25) is 0 Å². The predicted molar refractivity (Wildman–Crippen MR) is 118 cm³/mol. The Hall–Kier alpha value is -2.76. The largest absolute Gasteiger partial charge is 0.385 e. The quantitative estimate of drug-likeness (QED) is 0.410. The first-order chi connectivity index (χ1) is 14.0. The second kappa shape index (κ2) is 8.31. The summed E-state index contributed by atoms with van der Waals surface area (Å²) in [6.45, 7) is 4.93. The van der Waals surface area contributed by atoms with E-state index >= 15 is 0 Å². The van der Waals surface area contributed by atoms with Gasteiger partial charge in [-0.15, -0.1) is 0 Å². The average molecular weight is 389 g/mol. The normalized spacial score (nSPS) is 14.9. The van der Waals surface area contributed by atoms with Gasteiger partial charge in [-0.1, -0.05) is 12.1 Å². The predicted octanol–water partition coefficient (Wildman–Crippen LogP) is 4.67. The molecule has 4 aromatic rings. The summed E-state index contributed by atoms with van der Waals surface area (Å²) < 4.78 is 0. The monoisotopic (exact) mass is 388 g/mol. The smallest absolute Gasteiger partial charge is 0.137 e. The number of aromatic amines is 1. The number of hydrogen-bond donors (Lipinski definition) is 3. The summed E-state index contributed by atoms with van der Waals surface area (Å²) in [5.74, 6) is 0. The zero-order chi connectivity index (χ0) is 20.3. The van der Waals surface area contributed by atoms with Crippen LogP contribution >= 0.6 is 0 Å². The molecule has 0 amide bonds. The number of hydrogen-bond acceptors (Lipinski definition) is 4. The minimum absolute atomic E-state index is 0.378. The van der Waals surface area contributed by atoms with Gasteiger partial charge in [-0.2, -0.15) is 0 Å². The van der Waals surface area contributed by atoms with E-state index in [4.69, 9.17) is 0 Å². The molecule has 5 heteroatoms. The Bertz CT molecular complexity index is 1100. The molecule has 5 nitrogen and oxygen atoms in total. The van der Waals surface area contributed by atoms with Crippen molar-refractivity contribution in [2.24, 2.45) is 0 Å². The van der Waals surface area contributed by atoms with Crippen LogP contribution in [-0.2, 0) is 12.1 Å². The lowest BCUT2D eigenvalue weighted by molar-refractivity contribution is 0.0459. The molecule has 3 aromatic heterocycles. The van der Waals surface area contributed by atoms with Gasteiger partial charge in [0.05, 0.1) is 5.60 Å². The van der Waals surface area contributed by atoms with E-state index in [1.165, 1.54) is 16.3 Å². The molecule has 0 spiro atoms. The molecule has 150 valence electrons. The van der Waals surface area contributed by atoms with E-state index in [0.717, 1.165) is 36.0 Å². The van der Waals surface area contributed by atoms with Gasteiger partial charge in [0, 0.05) is 53.7 Å². The first-order valence-electron chi connectivity index (χ1n) is 10.2. The Morgan fingerprint density at radius 2 is 2.07 bits per heavy atom. The first kappa shape index (κ1) is 19.6. The lowest BCUT2D eigenvalue weighted by atomic mass is 9.90. The maximum absolute atomic E-state index is 11.0. The van der Waals surface area contributed by atoms with Crippen LogP contribution in [0, 0.1) is 0 Å². The van der Waals surface area contributed by atoms with Crippen molar-refractivity contribution in [2.75, 3.05) is 0 Å². The van der Waals surface area contributed by atoms with Crippen molar-refractivity contribution >= 4 is 21.8 Å². The number of aliphatic hydroxyl groups is 1. The molecule has 0 bridgehead atoms. The molecule has 0 fully saturated rings. The van der Waals surface area contributed by atoms with Crippen LogP contribution in [0.25, 0.3) is 21.8 Å². The Morgan fingerprint density at radius 3 is 2.97 bits per heavy atom. The van der Waals surface area contributed by atoms with Gasteiger partial charge >= 0.3 is 0 Å². The van der Waals surface area contributed by atoms with Crippen molar-refractivity contribution in [3.8, 4) is 0 Å². The van der Waals surface area contributed by atoms with E-state index < -0.39 is 5.60 Å². The van der Waals surface area contributed by atoms with Crippen molar-refractivity contribution in [3.05, 3.63) is 72.3 Å². The van der Waals surface area contributed by atoms with Gasteiger partial charge in [0.1, 0.15) is 5.65 Å². The van der Waals surface area contributed by atoms with E-state index in [9.17, 15) is 5.11 Å². The minimum Gasteiger partial charge on any atom is -0.385 e. The molecule has 2 atom stereocenters. The topological polar surface area (TPSA) is 73.8 Å². The molecule has 4 rings (SSSR count). The molecule has 29 heavy (non-hydrogen) atoms. The highest BCUT2D eigenvalue weighted by molar-refractivity contribution is 5.82. The van der Waals surface area contributed by atoms with Gasteiger partial charge in [0.25, 0.3) is 0 Å². The number of aromatic nitrogens is 3. The maximum Gasteiger partial charge on any atom is 0.137 e. The zero-order valence-corrected chi connectivity index (χ0v) is 17.0. The van der Waals surface area contributed by atoms with E-state index in [1.807, 2.05) is 43.7 Å². The number of pyridine rings is 2. The highest BCUT2D eigenvalue weighted by Gasteiger charge is 2.26. The number of rotatable bonds is 8. The van der Waals surface area contributed by atoms with Crippen LogP contribution in [0.3, 0.4) is 0 Å². The van der Waals surface area contributed by atoms with Crippen molar-refractivity contribution in [3.63, 3.8) is 0 Å². The van der Waals surface area contributed by atoms with Crippen LogP contribution in [0.4, 0.5) is 0 Å². The van der Waals surface area contributed by atoms with Crippen LogP contribution in [0.5, 0.6) is 0 Å². The molecule has 0 aliphatic rings. The molecule has 0 aliphatic heterocycles. The van der Waals surface area contributed by atoms with Gasteiger partial charge in [-0.3, -0.25) is 4.98 Å². The maximum atomic E-state index is 11.0. The third-order valence-corrected chi connectivity index (χ3v) is 5.69. The van der Waals surface area contributed by atoms with Crippen LogP contribution in [0.1, 0.15) is 44.2 Å². The molecule has 0 radical (unpaired) electrons. The molecule has 0 saturated heterocycles. The van der Waals surface area contributed by atoms with Gasteiger partial charge < -0.3 is 15.4 Å². The van der Waals surface area contributed by atoms with Crippen LogP contribution in [0.15, 0.2) is 61.2 Å². The van der Waals surface area contributed by atoms with Crippen molar-refractivity contribution < 1.29 is 5.11 Å². The summed E-state index contributed by atoms with van der Waals surface area (Å²) in [4.78, 5) is 11.6. The number of nitrogens with one attached hydrogen (secondary N) is 2. The molecular weight excluding hydrogens is 360 g/mol. The summed E-state index contributed by atoms with van der Waals surface area (Å²) in [7, 11) is 0. The van der Waals surface area contributed by atoms with Crippen molar-refractivity contribution in [1.82, 2.24) is 20.3 Å². The summed E-state index contributed by atoms with van der Waals surface area (Å²) in [5, 5.41) is 18.0. The molecule has 0 saturated carbocycles. The summed E-state index contributed by atoms with van der Waals surface area (Å²) >= 11 is 0. The van der Waals surface area contributed by atoms with Gasteiger partial charge in [-0.25, -0.2) is 4.98 Å². The van der Waals surface area contributed by atoms with Crippen molar-refractivity contribution in [2.45, 2.75) is 51.3 Å². The third-order valence-electron chi connectivity index (χ3n) is 5.69. The Labute approximate surface area is 171 Å². The fourth-order valence-electron chi connectivity index (χ4n) is 3.93. The Kier molecular flexibility index (Phi) is 5.60. The minimum atomic E-state index is -0.868. The highest BCUT2D eigenvalue weighted by atomic mass is 16.3. The van der Waals surface area contributed by atoms with Crippen molar-refractivity contribution in [1.29, 1.82) is 0 Å². The lowest BCUT2D eigenvalue weighted by Crippen LogP contribution is -2.27. The number of fused-ring (bicyclic) bond motifs is 2. The fraction of sp³-hybridized carbons (Fsp3) is 0.333. The first-order valence-corrected chi connectivity index (χ1v) is 10.2. The van der Waals surface area contributed by atoms with E-state index in [1.54, 1.807) is 6.20 Å². The number of H-pyrrole nitrogens is 1. The molecule has 3 N–H and O–H groups in total. The van der Waals surface area contributed by atoms with Crippen LogP contribution in [-0.4, -0.2) is 26.1 Å². The fourth-order valence-corrected chi connectivity index (χ4v) is 3.93. The standard InChI is InChI=1S/C24H28N4O/c1-17(27-14-18-7-8-20-15-25-12-9-19(20)13-18)5-3-10-24(2,29)22-16-28-23-21(22)6-4-11-26-23/h4,6-9,11-13,15-17,27,29H,3,5,10,14H2,1-2H3,(H,26,28)/t17-,24?/m1/s1. The molecule has 1 unspecified atom stereocenters. The second-order valence-corrected chi connectivity index (χ2v) is 8.11. The second-order valence-electron chi connectivity index (χ2n) is 8.11. The Morgan fingerprint density at radius 1 is 1.17 bits per heavy atom. The van der Waals surface area contributed by atoms with E-state index in [2.05, 4.69) is 45.4 Å². The summed E-state index contributed by atoms with van der Waals surface area (Å²) in [5.41, 5.74) is 2.15. The molecule has 0 aliphatic carbocycles. The highest BCUT2D eigenvalue weighted by Crippen LogP contribution is 2.32. The molecule has 1 aromatic carbocycles. The van der Waals surface area contributed by atoms with Crippen LogP contribution < -0.4 is 5.32 Å². The lowest BCUT2D eigenvalue weighted by Gasteiger charge is -2.24. The van der Waals surface area contributed by atoms with Crippen LogP contribution in [0.2, 0.25) is 0 Å². The SMILES string of the molecule is C[C@H](CCCC(C)(O)c1c[nH]c2ncccc12)NCc1ccc2cnccc2c1. The number of benzene rings is 1. The summed E-state index contributed by atoms with van der Waals surface area (Å²) in [6.07, 6.45) is 10.0. The van der Waals surface area contributed by atoms with E-state index in [-0.39, 0.29) is 0 Å². The molecule has 3 heterocycles. The third kappa shape index (κ3) is 4.47. The zero-order valence-electron chi connectivity index (χ0n) is 17.0. The number of nitrogens with zero attached hydrogens (tertiary/aromatic N) is 2.